The number of phenols is 1. The van der Waals surface area contributed by atoms with Crippen molar-refractivity contribution in [1.29, 1.82) is 0 Å². The summed E-state index contributed by atoms with van der Waals surface area (Å²) >= 11 is 0. The number of carbonyl (C=O) groups excluding carboxylic acids is 2. The van der Waals surface area contributed by atoms with Gasteiger partial charge in [-0.2, -0.15) is 26.0 Å². The number of aliphatic hydroxyl groups excluding tert-OH is 1. The molecule has 25 heavy (non-hydrogen) atoms. The zero-order valence-corrected chi connectivity index (χ0v) is 12.8. The first kappa shape index (κ1) is 19.1. The van der Waals surface area contributed by atoms with Crippen molar-refractivity contribution in [3.63, 3.8) is 0 Å². The van der Waals surface area contributed by atoms with Gasteiger partial charge in [-0.3, -0.25) is 9.59 Å². The SMILES string of the molecule is O=C1c2ccc(O)cc2C(=O)N1OS(=O)(=O)C(F)(F)C(F)(F)CCO. The molecule has 0 saturated heterocycles. The number of hydrogen-bond donors (Lipinski definition) is 2. The number of hydroxylamine groups is 2. The molecule has 0 spiro atoms. The molecular weight excluding hydrogens is 378 g/mol. The molecule has 1 aliphatic rings. The van der Waals surface area contributed by atoms with Gasteiger partial charge in [0, 0.05) is 13.0 Å². The van der Waals surface area contributed by atoms with E-state index in [9.17, 15) is 40.7 Å². The van der Waals surface area contributed by atoms with E-state index in [1.165, 1.54) is 0 Å². The third kappa shape index (κ3) is 2.94. The molecule has 0 unspecified atom stereocenters. The Kier molecular flexibility index (Phi) is 4.52. The lowest BCUT2D eigenvalue weighted by molar-refractivity contribution is -0.173. The van der Waals surface area contributed by atoms with Gasteiger partial charge in [0.05, 0.1) is 11.1 Å². The van der Waals surface area contributed by atoms with E-state index in [0.29, 0.717) is 0 Å². The molecule has 0 fully saturated rings. The predicted molar refractivity (Wildman–Crippen MR) is 70.2 cm³/mol. The summed E-state index contributed by atoms with van der Waals surface area (Å²) in [6, 6.07) is 2.58. The maximum atomic E-state index is 13.6. The van der Waals surface area contributed by atoms with Gasteiger partial charge in [0.1, 0.15) is 5.75 Å². The second kappa shape index (κ2) is 5.93. The van der Waals surface area contributed by atoms with Crippen molar-refractivity contribution in [2.75, 3.05) is 6.61 Å². The van der Waals surface area contributed by atoms with Crippen LogP contribution in [0.5, 0.6) is 5.75 Å². The summed E-state index contributed by atoms with van der Waals surface area (Å²) in [5.74, 6) is -8.76. The number of alkyl halides is 4. The van der Waals surface area contributed by atoms with E-state index in [-0.39, 0.29) is 0 Å². The average Bonchev–Trinajstić information content (AvgIpc) is 2.71. The van der Waals surface area contributed by atoms with E-state index in [4.69, 9.17) is 5.11 Å². The number of imide groups is 1. The molecule has 1 aromatic carbocycles. The summed E-state index contributed by atoms with van der Waals surface area (Å²) in [5.41, 5.74) is -1.05. The summed E-state index contributed by atoms with van der Waals surface area (Å²) in [7, 11) is -6.49. The first-order valence-corrected chi connectivity index (χ1v) is 7.79. The zero-order chi connectivity index (χ0) is 19.2. The number of nitrogens with zero attached hydrogens (tertiary/aromatic N) is 1. The van der Waals surface area contributed by atoms with Crippen LogP contribution >= 0.6 is 0 Å². The van der Waals surface area contributed by atoms with Gasteiger partial charge in [0.15, 0.2) is 0 Å². The van der Waals surface area contributed by atoms with Crippen LogP contribution in [0, 0.1) is 0 Å². The number of hydrogen-bond acceptors (Lipinski definition) is 7. The topological polar surface area (TPSA) is 121 Å². The van der Waals surface area contributed by atoms with Gasteiger partial charge >= 0.3 is 21.3 Å². The summed E-state index contributed by atoms with van der Waals surface area (Å²) < 4.78 is 80.5. The van der Waals surface area contributed by atoms with Crippen molar-refractivity contribution in [1.82, 2.24) is 5.06 Å². The van der Waals surface area contributed by atoms with Gasteiger partial charge in [-0.05, 0) is 18.2 Å². The Morgan fingerprint density at radius 3 is 2.20 bits per heavy atom. The number of aliphatic hydroxyl groups is 1. The molecule has 1 aromatic rings. The highest BCUT2D eigenvalue weighted by molar-refractivity contribution is 7.87. The van der Waals surface area contributed by atoms with Crippen molar-refractivity contribution in [3.8, 4) is 5.75 Å². The molecule has 1 aliphatic heterocycles. The van der Waals surface area contributed by atoms with E-state index in [2.05, 4.69) is 4.28 Å². The molecule has 1 heterocycles. The van der Waals surface area contributed by atoms with Crippen LogP contribution in [0.15, 0.2) is 18.2 Å². The normalized spacial score (nSPS) is 15.6. The minimum Gasteiger partial charge on any atom is -0.508 e. The highest BCUT2D eigenvalue weighted by Gasteiger charge is 2.67. The van der Waals surface area contributed by atoms with Gasteiger partial charge in [-0.1, -0.05) is 0 Å². The van der Waals surface area contributed by atoms with Gasteiger partial charge in [0.25, 0.3) is 11.8 Å². The van der Waals surface area contributed by atoms with Crippen LogP contribution in [0.1, 0.15) is 27.1 Å². The second-order valence-corrected chi connectivity index (χ2v) is 6.43. The molecule has 2 amide bonds. The van der Waals surface area contributed by atoms with E-state index < -0.39 is 68.1 Å². The van der Waals surface area contributed by atoms with Crippen molar-refractivity contribution < 1.29 is 50.1 Å². The molecule has 0 saturated carbocycles. The Labute approximate surface area is 137 Å². The Morgan fingerprint density at radius 2 is 1.64 bits per heavy atom. The minimum atomic E-state index is -6.49. The Hall–Kier alpha value is -2.25. The number of fused-ring (bicyclic) bond motifs is 1. The Balaban J connectivity index is 2.36. The maximum absolute atomic E-state index is 13.6. The number of benzene rings is 1. The lowest BCUT2D eigenvalue weighted by Gasteiger charge is -2.26. The number of carbonyl (C=O) groups is 2. The van der Waals surface area contributed by atoms with Gasteiger partial charge in [-0.15, -0.1) is 9.35 Å². The average molecular weight is 387 g/mol. The fraction of sp³-hybridized carbons (Fsp3) is 0.333. The minimum absolute atomic E-state index is 0.483. The molecule has 138 valence electrons. The van der Waals surface area contributed by atoms with Crippen molar-refractivity contribution in [2.24, 2.45) is 0 Å². The number of amides is 2. The summed E-state index contributed by atoms with van der Waals surface area (Å²) in [6.45, 7) is -1.45. The lowest BCUT2D eigenvalue weighted by Crippen LogP contribution is -2.50. The largest absolute Gasteiger partial charge is 0.508 e. The highest BCUT2D eigenvalue weighted by atomic mass is 32.2. The first-order valence-electron chi connectivity index (χ1n) is 6.38. The van der Waals surface area contributed by atoms with Crippen LogP contribution in [0.2, 0.25) is 0 Å². The van der Waals surface area contributed by atoms with Crippen molar-refractivity contribution in [2.45, 2.75) is 17.6 Å². The van der Waals surface area contributed by atoms with E-state index in [0.717, 1.165) is 18.2 Å². The second-order valence-electron chi connectivity index (χ2n) is 4.86. The monoisotopic (exact) mass is 387 g/mol. The molecule has 2 rings (SSSR count). The summed E-state index contributed by atoms with van der Waals surface area (Å²) in [6.07, 6.45) is -1.90. The maximum Gasteiger partial charge on any atom is 0.433 e. The standard InChI is InChI=1S/C12H9F4NO7S/c13-11(14,3-4-18)12(15,16)25(22,23)24-17-9(20)7-2-1-6(19)5-8(7)10(17)21/h1-2,5,18-19H,3-4H2. The number of phenolic OH excluding ortho intramolecular Hbond substituents is 1. The van der Waals surface area contributed by atoms with E-state index >= 15 is 0 Å². The van der Waals surface area contributed by atoms with Crippen LogP contribution in [-0.2, 0) is 14.4 Å². The van der Waals surface area contributed by atoms with Crippen LogP contribution < -0.4 is 0 Å². The molecule has 0 radical (unpaired) electrons. The van der Waals surface area contributed by atoms with Crippen LogP contribution in [0.3, 0.4) is 0 Å². The molecule has 8 nitrogen and oxygen atoms in total. The highest BCUT2D eigenvalue weighted by Crippen LogP contribution is 2.42. The lowest BCUT2D eigenvalue weighted by atomic mass is 10.1. The van der Waals surface area contributed by atoms with Gasteiger partial charge in [0.2, 0.25) is 0 Å². The molecular formula is C12H9F4NO7S. The zero-order valence-electron chi connectivity index (χ0n) is 11.9. The molecule has 0 aromatic heterocycles. The molecule has 2 N–H and O–H groups in total. The number of aromatic hydroxyl groups is 1. The van der Waals surface area contributed by atoms with Crippen LogP contribution in [0.4, 0.5) is 17.6 Å². The Bertz CT molecular complexity index is 840. The third-order valence-corrected chi connectivity index (χ3v) is 4.44. The molecule has 0 bridgehead atoms. The number of rotatable bonds is 6. The fourth-order valence-electron chi connectivity index (χ4n) is 1.89. The van der Waals surface area contributed by atoms with Gasteiger partial charge in [-0.25, -0.2) is 0 Å². The summed E-state index contributed by atoms with van der Waals surface area (Å²) in [5, 5.41) is 11.1. The van der Waals surface area contributed by atoms with Crippen molar-refractivity contribution in [3.05, 3.63) is 29.3 Å². The smallest absolute Gasteiger partial charge is 0.433 e. The summed E-state index contributed by atoms with van der Waals surface area (Å²) in [4.78, 5) is 23.7. The quantitative estimate of drug-likeness (QED) is 0.549. The van der Waals surface area contributed by atoms with E-state index in [1.54, 1.807) is 0 Å². The van der Waals surface area contributed by atoms with Crippen LogP contribution in [-0.4, -0.2) is 53.3 Å². The third-order valence-electron chi connectivity index (χ3n) is 3.17. The van der Waals surface area contributed by atoms with E-state index in [1.807, 2.05) is 0 Å². The van der Waals surface area contributed by atoms with Gasteiger partial charge < -0.3 is 10.2 Å². The Morgan fingerprint density at radius 1 is 1.08 bits per heavy atom. The molecule has 0 atom stereocenters. The number of halogens is 4. The predicted octanol–water partition coefficient (Wildman–Crippen LogP) is 0.860. The first-order chi connectivity index (χ1) is 11.4. The molecule has 0 aliphatic carbocycles. The van der Waals surface area contributed by atoms with Crippen molar-refractivity contribution >= 4 is 21.9 Å². The fourth-order valence-corrected chi connectivity index (χ4v) is 2.78. The molecule has 13 heteroatoms. The van der Waals surface area contributed by atoms with Crippen LogP contribution in [0.25, 0.3) is 0 Å².